The number of aromatic nitrogens is 2. The lowest BCUT2D eigenvalue weighted by Crippen LogP contribution is -2.30. The van der Waals surface area contributed by atoms with Crippen LogP contribution in [0, 0.1) is 6.92 Å². The molecule has 110 valence electrons. The maximum Gasteiger partial charge on any atom is 0.271 e. The van der Waals surface area contributed by atoms with E-state index in [1.165, 1.54) is 0 Å². The Morgan fingerprint density at radius 2 is 1.95 bits per heavy atom. The molecule has 0 spiro atoms. The highest BCUT2D eigenvalue weighted by Crippen LogP contribution is 2.22. The number of benzene rings is 1. The van der Waals surface area contributed by atoms with Gasteiger partial charge in [0.1, 0.15) is 0 Å². The van der Waals surface area contributed by atoms with Gasteiger partial charge in [-0.25, -0.2) is 0 Å². The zero-order valence-electron chi connectivity index (χ0n) is 12.1. The predicted octanol–water partition coefficient (Wildman–Crippen LogP) is 3.32. The third-order valence-electron chi connectivity index (χ3n) is 2.78. The summed E-state index contributed by atoms with van der Waals surface area (Å²) >= 11 is 5.97. The summed E-state index contributed by atoms with van der Waals surface area (Å²) in [6, 6.07) is 8.97. The van der Waals surface area contributed by atoms with Crippen LogP contribution in [-0.2, 0) is 0 Å². The number of carbonyl (C=O) groups is 1. The van der Waals surface area contributed by atoms with Gasteiger partial charge < -0.3 is 10.6 Å². The number of rotatable bonds is 4. The van der Waals surface area contributed by atoms with Crippen LogP contribution in [0.25, 0.3) is 0 Å². The molecule has 1 aromatic heterocycles. The minimum Gasteiger partial charge on any atom is -0.348 e. The number of carbonyl (C=O) groups excluding carboxylic acids is 1. The van der Waals surface area contributed by atoms with Crippen LogP contribution >= 0.6 is 11.6 Å². The van der Waals surface area contributed by atoms with E-state index in [1.807, 2.05) is 39.0 Å². The molecular weight excluding hydrogens is 288 g/mol. The van der Waals surface area contributed by atoms with Gasteiger partial charge in [0.25, 0.3) is 5.91 Å². The van der Waals surface area contributed by atoms with Gasteiger partial charge in [0.05, 0.1) is 0 Å². The van der Waals surface area contributed by atoms with E-state index in [4.69, 9.17) is 11.6 Å². The van der Waals surface area contributed by atoms with Crippen molar-refractivity contribution < 1.29 is 4.79 Å². The lowest BCUT2D eigenvalue weighted by molar-refractivity contribution is 0.0937. The molecule has 0 aliphatic carbocycles. The van der Waals surface area contributed by atoms with Gasteiger partial charge >= 0.3 is 0 Å². The minimum absolute atomic E-state index is 0.0613. The first-order valence-corrected chi connectivity index (χ1v) is 7.01. The van der Waals surface area contributed by atoms with Crippen LogP contribution < -0.4 is 10.6 Å². The molecular formula is C15H17ClN4O. The van der Waals surface area contributed by atoms with Crippen molar-refractivity contribution >= 4 is 29.0 Å². The third kappa shape index (κ3) is 4.16. The topological polar surface area (TPSA) is 66.9 Å². The maximum atomic E-state index is 11.8. The Labute approximate surface area is 128 Å². The highest BCUT2D eigenvalue weighted by Gasteiger charge is 2.09. The number of anilines is 2. The predicted molar refractivity (Wildman–Crippen MR) is 84.1 cm³/mol. The number of halogens is 1. The van der Waals surface area contributed by atoms with Crippen LogP contribution in [-0.4, -0.2) is 22.1 Å². The Balaban J connectivity index is 2.12. The van der Waals surface area contributed by atoms with Crippen LogP contribution in [0.4, 0.5) is 11.5 Å². The Kier molecular flexibility index (Phi) is 4.75. The summed E-state index contributed by atoms with van der Waals surface area (Å²) in [5, 5.41) is 14.5. The quantitative estimate of drug-likeness (QED) is 0.909. The molecule has 2 N–H and O–H groups in total. The fourth-order valence-corrected chi connectivity index (χ4v) is 1.90. The smallest absolute Gasteiger partial charge is 0.271 e. The second-order valence-corrected chi connectivity index (χ2v) is 5.45. The van der Waals surface area contributed by atoms with E-state index >= 15 is 0 Å². The Hall–Kier alpha value is -2.14. The van der Waals surface area contributed by atoms with Crippen molar-refractivity contribution in [1.29, 1.82) is 0 Å². The van der Waals surface area contributed by atoms with Gasteiger partial charge in [-0.1, -0.05) is 17.7 Å². The molecule has 0 aliphatic rings. The Morgan fingerprint density at radius 3 is 2.57 bits per heavy atom. The van der Waals surface area contributed by atoms with Crippen LogP contribution in [0.15, 0.2) is 30.3 Å². The number of amides is 1. The molecule has 0 atom stereocenters. The molecule has 0 aliphatic heterocycles. The minimum atomic E-state index is -0.233. The molecule has 1 aromatic carbocycles. The number of hydrogen-bond donors (Lipinski definition) is 2. The van der Waals surface area contributed by atoms with E-state index < -0.39 is 0 Å². The zero-order valence-corrected chi connectivity index (χ0v) is 12.9. The van der Waals surface area contributed by atoms with Crippen molar-refractivity contribution in [3.8, 4) is 0 Å². The molecule has 2 aromatic rings. The van der Waals surface area contributed by atoms with Gasteiger partial charge in [-0.05, 0) is 50.6 Å². The molecule has 0 radical (unpaired) electrons. The number of aryl methyl sites for hydroxylation is 1. The van der Waals surface area contributed by atoms with Gasteiger partial charge in [-0.15, -0.1) is 10.2 Å². The standard InChI is InChI=1S/C15H17ClN4O/c1-9(2)17-15(21)12-6-7-14(20-19-12)18-13-8-11(16)5-4-10(13)3/h4-9H,1-3H3,(H,17,21)(H,18,20). The molecule has 0 saturated carbocycles. The Morgan fingerprint density at radius 1 is 1.19 bits per heavy atom. The normalized spacial score (nSPS) is 10.5. The van der Waals surface area contributed by atoms with Crippen LogP contribution in [0.5, 0.6) is 0 Å². The summed E-state index contributed by atoms with van der Waals surface area (Å²) in [5.41, 5.74) is 2.19. The molecule has 0 unspecified atom stereocenters. The van der Waals surface area contributed by atoms with E-state index in [2.05, 4.69) is 20.8 Å². The molecule has 0 bridgehead atoms. The van der Waals surface area contributed by atoms with Crippen LogP contribution in [0.3, 0.4) is 0 Å². The average Bonchev–Trinajstić information content (AvgIpc) is 2.43. The highest BCUT2D eigenvalue weighted by atomic mass is 35.5. The van der Waals surface area contributed by atoms with Crippen molar-refractivity contribution in [3.63, 3.8) is 0 Å². The molecule has 0 saturated heterocycles. The van der Waals surface area contributed by atoms with Crippen molar-refractivity contribution in [3.05, 3.63) is 46.6 Å². The summed E-state index contributed by atoms with van der Waals surface area (Å²) in [5.74, 6) is 0.324. The first-order chi connectivity index (χ1) is 9.95. The lowest BCUT2D eigenvalue weighted by atomic mass is 10.2. The van der Waals surface area contributed by atoms with Gasteiger partial charge in [0.2, 0.25) is 0 Å². The highest BCUT2D eigenvalue weighted by molar-refractivity contribution is 6.30. The summed E-state index contributed by atoms with van der Waals surface area (Å²) in [6.45, 7) is 5.75. The zero-order chi connectivity index (χ0) is 15.4. The van der Waals surface area contributed by atoms with Gasteiger partial charge in [0.15, 0.2) is 11.5 Å². The molecule has 21 heavy (non-hydrogen) atoms. The summed E-state index contributed by atoms with van der Waals surface area (Å²) in [4.78, 5) is 11.8. The fourth-order valence-electron chi connectivity index (χ4n) is 1.72. The molecule has 5 nitrogen and oxygen atoms in total. The number of hydrogen-bond acceptors (Lipinski definition) is 4. The number of nitrogens with one attached hydrogen (secondary N) is 2. The number of nitrogens with zero attached hydrogens (tertiary/aromatic N) is 2. The van der Waals surface area contributed by atoms with Crippen molar-refractivity contribution in [2.45, 2.75) is 26.8 Å². The molecule has 6 heteroatoms. The third-order valence-corrected chi connectivity index (χ3v) is 3.01. The second-order valence-electron chi connectivity index (χ2n) is 5.02. The van der Waals surface area contributed by atoms with E-state index in [1.54, 1.807) is 12.1 Å². The van der Waals surface area contributed by atoms with Gasteiger partial charge in [-0.2, -0.15) is 0 Å². The molecule has 2 rings (SSSR count). The fraction of sp³-hybridized carbons (Fsp3) is 0.267. The van der Waals surface area contributed by atoms with Crippen LogP contribution in [0.2, 0.25) is 5.02 Å². The monoisotopic (exact) mass is 304 g/mol. The second kappa shape index (κ2) is 6.54. The Bertz CT molecular complexity index is 641. The van der Waals surface area contributed by atoms with E-state index in [0.717, 1.165) is 11.3 Å². The first kappa shape index (κ1) is 15.3. The van der Waals surface area contributed by atoms with Gasteiger partial charge in [-0.3, -0.25) is 4.79 Å². The molecule has 1 heterocycles. The SMILES string of the molecule is Cc1ccc(Cl)cc1Nc1ccc(C(=O)NC(C)C)nn1. The maximum absolute atomic E-state index is 11.8. The largest absolute Gasteiger partial charge is 0.348 e. The average molecular weight is 305 g/mol. The van der Waals surface area contributed by atoms with E-state index in [9.17, 15) is 4.79 Å². The van der Waals surface area contributed by atoms with Crippen molar-refractivity contribution in [1.82, 2.24) is 15.5 Å². The summed E-state index contributed by atoms with van der Waals surface area (Å²) in [7, 11) is 0. The van der Waals surface area contributed by atoms with E-state index in [0.29, 0.717) is 10.8 Å². The summed E-state index contributed by atoms with van der Waals surface area (Å²) < 4.78 is 0. The molecule has 0 fully saturated rings. The van der Waals surface area contributed by atoms with Crippen molar-refractivity contribution in [2.75, 3.05) is 5.32 Å². The first-order valence-electron chi connectivity index (χ1n) is 6.63. The van der Waals surface area contributed by atoms with E-state index in [-0.39, 0.29) is 17.6 Å². The van der Waals surface area contributed by atoms with Crippen LogP contribution in [0.1, 0.15) is 29.9 Å². The summed E-state index contributed by atoms with van der Waals surface area (Å²) in [6.07, 6.45) is 0. The van der Waals surface area contributed by atoms with Crippen molar-refractivity contribution in [2.24, 2.45) is 0 Å². The van der Waals surface area contributed by atoms with Gasteiger partial charge in [0, 0.05) is 16.8 Å². The lowest BCUT2D eigenvalue weighted by Gasteiger charge is -2.10. The molecule has 1 amide bonds.